The lowest BCUT2D eigenvalue weighted by Gasteiger charge is -2.41. The van der Waals surface area contributed by atoms with Crippen molar-refractivity contribution in [2.24, 2.45) is 5.92 Å². The highest BCUT2D eigenvalue weighted by molar-refractivity contribution is 5.79. The summed E-state index contributed by atoms with van der Waals surface area (Å²) in [6, 6.07) is 10.3. The summed E-state index contributed by atoms with van der Waals surface area (Å²) >= 11 is 0. The van der Waals surface area contributed by atoms with Crippen molar-refractivity contribution < 1.29 is 19.4 Å². The zero-order valence-corrected chi connectivity index (χ0v) is 13.9. The molecule has 1 aromatic rings. The molecule has 4 nitrogen and oxygen atoms in total. The standard InChI is InChI=1S/C19H26O4/c1-19(2)22-14-16(12-6-3-4-9-13-17(20)21)18(23-19)15-10-7-5-8-11-15/h5,7-11,13,16,18H,3-4,6,12,14H2,1-2H3,(H,20,21)/b13-9+. The van der Waals surface area contributed by atoms with Gasteiger partial charge in [-0.15, -0.1) is 0 Å². The van der Waals surface area contributed by atoms with E-state index in [1.54, 1.807) is 6.08 Å². The van der Waals surface area contributed by atoms with E-state index in [1.807, 2.05) is 32.0 Å². The van der Waals surface area contributed by atoms with Gasteiger partial charge in [0.2, 0.25) is 0 Å². The maximum atomic E-state index is 10.4. The number of hydrogen-bond acceptors (Lipinski definition) is 3. The summed E-state index contributed by atoms with van der Waals surface area (Å²) in [5.74, 6) is -1.11. The van der Waals surface area contributed by atoms with Gasteiger partial charge in [0.15, 0.2) is 5.79 Å². The molecule has 0 radical (unpaired) electrons. The number of carboxylic acids is 1. The van der Waals surface area contributed by atoms with E-state index in [0.29, 0.717) is 12.5 Å². The Morgan fingerprint density at radius 1 is 1.30 bits per heavy atom. The molecule has 1 aromatic carbocycles. The van der Waals surface area contributed by atoms with E-state index in [1.165, 1.54) is 11.6 Å². The van der Waals surface area contributed by atoms with Gasteiger partial charge in [-0.1, -0.05) is 42.8 Å². The van der Waals surface area contributed by atoms with E-state index < -0.39 is 11.8 Å². The molecule has 0 aromatic heterocycles. The van der Waals surface area contributed by atoms with Crippen LogP contribution in [-0.4, -0.2) is 23.5 Å². The van der Waals surface area contributed by atoms with E-state index >= 15 is 0 Å². The van der Waals surface area contributed by atoms with Gasteiger partial charge in [0, 0.05) is 12.0 Å². The van der Waals surface area contributed by atoms with Crippen molar-refractivity contribution in [3.8, 4) is 0 Å². The first kappa shape index (κ1) is 17.7. The maximum absolute atomic E-state index is 10.4. The van der Waals surface area contributed by atoms with Crippen LogP contribution in [0.4, 0.5) is 0 Å². The minimum atomic E-state index is -0.884. The second kappa shape index (κ2) is 8.27. The van der Waals surface area contributed by atoms with E-state index in [0.717, 1.165) is 25.7 Å². The molecule has 23 heavy (non-hydrogen) atoms. The van der Waals surface area contributed by atoms with Gasteiger partial charge < -0.3 is 14.6 Å². The zero-order valence-electron chi connectivity index (χ0n) is 13.9. The van der Waals surface area contributed by atoms with E-state index in [9.17, 15) is 4.79 Å². The van der Waals surface area contributed by atoms with Gasteiger partial charge >= 0.3 is 5.97 Å². The molecular formula is C19H26O4. The van der Waals surface area contributed by atoms with E-state index in [2.05, 4.69) is 12.1 Å². The monoisotopic (exact) mass is 318 g/mol. The first-order valence-electron chi connectivity index (χ1n) is 8.24. The summed E-state index contributed by atoms with van der Waals surface area (Å²) in [5, 5.41) is 8.56. The first-order valence-corrected chi connectivity index (χ1v) is 8.24. The molecule has 0 spiro atoms. The Hall–Kier alpha value is -1.65. The molecule has 1 saturated heterocycles. The van der Waals surface area contributed by atoms with Crippen molar-refractivity contribution in [1.82, 2.24) is 0 Å². The average Bonchev–Trinajstić information content (AvgIpc) is 2.52. The molecule has 1 aliphatic rings. The number of hydrogen-bond donors (Lipinski definition) is 1. The smallest absolute Gasteiger partial charge is 0.327 e. The van der Waals surface area contributed by atoms with Gasteiger partial charge in [-0.05, 0) is 38.7 Å². The van der Waals surface area contributed by atoms with Gasteiger partial charge in [0.05, 0.1) is 12.7 Å². The third-order valence-corrected chi connectivity index (χ3v) is 4.07. The lowest BCUT2D eigenvalue weighted by molar-refractivity contribution is -0.296. The fourth-order valence-electron chi connectivity index (χ4n) is 2.90. The Labute approximate surface area is 138 Å². The number of allylic oxidation sites excluding steroid dienone is 1. The van der Waals surface area contributed by atoms with E-state index in [-0.39, 0.29) is 6.10 Å². The molecule has 126 valence electrons. The fraction of sp³-hybridized carbons (Fsp3) is 0.526. The van der Waals surface area contributed by atoms with Crippen LogP contribution < -0.4 is 0 Å². The second-order valence-corrected chi connectivity index (χ2v) is 6.45. The highest BCUT2D eigenvalue weighted by atomic mass is 16.7. The Morgan fingerprint density at radius 2 is 2.04 bits per heavy atom. The van der Waals surface area contributed by atoms with Crippen LogP contribution in [0.3, 0.4) is 0 Å². The number of benzene rings is 1. The number of rotatable bonds is 7. The Balaban J connectivity index is 1.89. The average molecular weight is 318 g/mol. The fourth-order valence-corrected chi connectivity index (χ4v) is 2.90. The molecule has 4 heteroatoms. The van der Waals surface area contributed by atoms with Gasteiger partial charge in [-0.2, -0.15) is 0 Å². The van der Waals surface area contributed by atoms with Gasteiger partial charge in [0.1, 0.15) is 0 Å². The number of carbonyl (C=O) groups is 1. The van der Waals surface area contributed by atoms with Crippen LogP contribution in [0.2, 0.25) is 0 Å². The predicted octanol–water partition coefficient (Wildman–Crippen LogP) is 4.33. The minimum Gasteiger partial charge on any atom is -0.478 e. The molecule has 0 bridgehead atoms. The third-order valence-electron chi connectivity index (χ3n) is 4.07. The summed E-state index contributed by atoms with van der Waals surface area (Å²) in [6.45, 7) is 4.60. The zero-order chi connectivity index (χ0) is 16.7. The molecule has 2 atom stereocenters. The van der Waals surface area contributed by atoms with Crippen molar-refractivity contribution in [3.63, 3.8) is 0 Å². The summed E-state index contributed by atoms with van der Waals surface area (Å²) in [5.41, 5.74) is 1.19. The first-order chi connectivity index (χ1) is 11.0. The summed E-state index contributed by atoms with van der Waals surface area (Å²) in [6.07, 6.45) is 6.79. The van der Waals surface area contributed by atoms with Crippen molar-refractivity contribution in [2.45, 2.75) is 51.4 Å². The lowest BCUT2D eigenvalue weighted by Crippen LogP contribution is -2.41. The van der Waals surface area contributed by atoms with Crippen LogP contribution in [0.5, 0.6) is 0 Å². The van der Waals surface area contributed by atoms with Crippen molar-refractivity contribution in [3.05, 3.63) is 48.0 Å². The summed E-state index contributed by atoms with van der Waals surface area (Å²) < 4.78 is 12.0. The highest BCUT2D eigenvalue weighted by Crippen LogP contribution is 2.38. The summed E-state index contributed by atoms with van der Waals surface area (Å²) in [7, 11) is 0. The van der Waals surface area contributed by atoms with Crippen LogP contribution in [0.25, 0.3) is 0 Å². The van der Waals surface area contributed by atoms with Crippen LogP contribution in [0, 0.1) is 5.92 Å². The maximum Gasteiger partial charge on any atom is 0.327 e. The molecule has 0 amide bonds. The molecule has 0 aliphatic carbocycles. The predicted molar refractivity (Wildman–Crippen MR) is 89.0 cm³/mol. The van der Waals surface area contributed by atoms with Gasteiger partial charge in [0.25, 0.3) is 0 Å². The Bertz CT molecular complexity index is 521. The van der Waals surface area contributed by atoms with Crippen molar-refractivity contribution in [1.29, 1.82) is 0 Å². The Kier molecular flexibility index (Phi) is 6.37. The molecule has 1 fully saturated rings. The van der Waals surface area contributed by atoms with Crippen LogP contribution >= 0.6 is 0 Å². The van der Waals surface area contributed by atoms with Gasteiger partial charge in [-0.25, -0.2) is 4.79 Å². The number of aliphatic carboxylic acids is 1. The molecule has 1 heterocycles. The number of unbranched alkanes of at least 4 members (excludes halogenated alkanes) is 2. The molecule has 2 unspecified atom stereocenters. The quantitative estimate of drug-likeness (QED) is 0.600. The topological polar surface area (TPSA) is 55.8 Å². The molecule has 2 rings (SSSR count). The number of carboxylic acid groups (broad SMARTS) is 1. The second-order valence-electron chi connectivity index (χ2n) is 6.45. The molecule has 0 saturated carbocycles. The minimum absolute atomic E-state index is 0.0505. The normalized spacial score (nSPS) is 23.9. The van der Waals surface area contributed by atoms with Crippen molar-refractivity contribution in [2.75, 3.05) is 6.61 Å². The van der Waals surface area contributed by atoms with Crippen LogP contribution in [-0.2, 0) is 14.3 Å². The highest BCUT2D eigenvalue weighted by Gasteiger charge is 2.36. The van der Waals surface area contributed by atoms with Crippen LogP contribution in [0.15, 0.2) is 42.5 Å². The summed E-state index contributed by atoms with van der Waals surface area (Å²) in [4.78, 5) is 10.4. The molecular weight excluding hydrogens is 292 g/mol. The molecule has 1 aliphatic heterocycles. The van der Waals surface area contributed by atoms with Crippen LogP contribution in [0.1, 0.15) is 51.2 Å². The SMILES string of the molecule is CC1(C)OCC(CCCC/C=C/C(=O)O)C(c2ccccc2)O1. The van der Waals surface area contributed by atoms with Gasteiger partial charge in [-0.3, -0.25) is 0 Å². The lowest BCUT2D eigenvalue weighted by atomic mass is 9.90. The van der Waals surface area contributed by atoms with Crippen molar-refractivity contribution >= 4 is 5.97 Å². The number of ether oxygens (including phenoxy) is 2. The van der Waals surface area contributed by atoms with E-state index in [4.69, 9.17) is 14.6 Å². The third kappa shape index (κ3) is 5.81. The largest absolute Gasteiger partial charge is 0.478 e. The molecule has 1 N–H and O–H groups in total. The Morgan fingerprint density at radius 3 is 2.74 bits per heavy atom.